The van der Waals surface area contributed by atoms with Gasteiger partial charge in [0.15, 0.2) is 5.69 Å². The van der Waals surface area contributed by atoms with Gasteiger partial charge in [-0.05, 0) is 6.92 Å². The Morgan fingerprint density at radius 3 is 2.69 bits per heavy atom. The lowest BCUT2D eigenvalue weighted by Crippen LogP contribution is -2.07. The molecule has 0 saturated carbocycles. The molecular formula is C9H7F3N2O2. The van der Waals surface area contributed by atoms with E-state index >= 15 is 0 Å². The van der Waals surface area contributed by atoms with Gasteiger partial charge in [-0.15, -0.1) is 0 Å². The molecule has 0 unspecified atom stereocenters. The van der Waals surface area contributed by atoms with Crippen LogP contribution in [0.5, 0.6) is 0 Å². The molecule has 1 heterocycles. The zero-order valence-electron chi connectivity index (χ0n) is 8.14. The minimum absolute atomic E-state index is 0.158. The summed E-state index contributed by atoms with van der Waals surface area (Å²) in [6, 6.07) is 0. The summed E-state index contributed by atoms with van der Waals surface area (Å²) in [5, 5.41) is 13.5. The van der Waals surface area contributed by atoms with Crippen LogP contribution in [0.15, 0.2) is 0 Å². The van der Waals surface area contributed by atoms with Crippen LogP contribution in [-0.4, -0.2) is 21.3 Å². The molecule has 0 fully saturated rings. The van der Waals surface area contributed by atoms with Crippen LogP contribution in [0.3, 0.4) is 0 Å². The lowest BCUT2D eigenvalue weighted by atomic mass is 10.2. The number of nitrogens with one attached hydrogen (secondary N) is 1. The lowest BCUT2D eigenvalue weighted by molar-refractivity contribution is -0.141. The van der Waals surface area contributed by atoms with E-state index in [0.29, 0.717) is 0 Å². The summed E-state index contributed by atoms with van der Waals surface area (Å²) < 4.78 is 37.1. The van der Waals surface area contributed by atoms with Crippen LogP contribution >= 0.6 is 0 Å². The normalized spacial score (nSPS) is 10.8. The number of hydrogen-bond acceptors (Lipinski definition) is 2. The summed E-state index contributed by atoms with van der Waals surface area (Å²) in [4.78, 5) is 10.1. The van der Waals surface area contributed by atoms with Gasteiger partial charge in [-0.1, -0.05) is 11.8 Å². The van der Waals surface area contributed by atoms with Gasteiger partial charge in [-0.2, -0.15) is 18.3 Å². The van der Waals surface area contributed by atoms with E-state index in [1.54, 1.807) is 0 Å². The maximum Gasteiger partial charge on any atom is 0.436 e. The van der Waals surface area contributed by atoms with E-state index in [-0.39, 0.29) is 11.3 Å². The van der Waals surface area contributed by atoms with Crippen molar-refractivity contribution in [1.82, 2.24) is 10.2 Å². The average Bonchev–Trinajstić information content (AvgIpc) is 2.46. The largest absolute Gasteiger partial charge is 0.481 e. The molecular weight excluding hydrogens is 225 g/mol. The van der Waals surface area contributed by atoms with Crippen molar-refractivity contribution < 1.29 is 23.1 Å². The number of hydrogen-bond donors (Lipinski definition) is 2. The molecule has 0 radical (unpaired) electrons. The van der Waals surface area contributed by atoms with E-state index < -0.39 is 24.3 Å². The van der Waals surface area contributed by atoms with Crippen LogP contribution in [0.2, 0.25) is 0 Å². The number of aliphatic carboxylic acids is 1. The van der Waals surface area contributed by atoms with Crippen molar-refractivity contribution in [3.8, 4) is 11.8 Å². The number of carboxylic acids is 1. The Kier molecular flexibility index (Phi) is 3.22. The Balaban J connectivity index is 3.07. The summed E-state index contributed by atoms with van der Waals surface area (Å²) in [6.45, 7) is 1.38. The highest BCUT2D eigenvalue weighted by atomic mass is 19.4. The number of H-pyrrole nitrogens is 1. The van der Waals surface area contributed by atoms with Gasteiger partial charge >= 0.3 is 12.1 Å². The summed E-state index contributed by atoms with van der Waals surface area (Å²) in [5.41, 5.74) is -1.28. The number of aromatic nitrogens is 2. The first-order valence-corrected chi connectivity index (χ1v) is 4.15. The van der Waals surface area contributed by atoms with Crippen molar-refractivity contribution in [2.75, 3.05) is 0 Å². The smallest absolute Gasteiger partial charge is 0.436 e. The topological polar surface area (TPSA) is 66.0 Å². The number of rotatable bonds is 1. The lowest BCUT2D eigenvalue weighted by Gasteiger charge is -2.01. The van der Waals surface area contributed by atoms with E-state index in [4.69, 9.17) is 5.11 Å². The maximum atomic E-state index is 12.4. The molecule has 0 atom stereocenters. The molecule has 16 heavy (non-hydrogen) atoms. The molecule has 7 heteroatoms. The van der Waals surface area contributed by atoms with Crippen molar-refractivity contribution in [3.63, 3.8) is 0 Å². The zero-order chi connectivity index (χ0) is 12.3. The van der Waals surface area contributed by atoms with Gasteiger partial charge in [0.2, 0.25) is 0 Å². The van der Waals surface area contributed by atoms with Crippen molar-refractivity contribution in [2.24, 2.45) is 0 Å². The van der Waals surface area contributed by atoms with E-state index in [9.17, 15) is 18.0 Å². The number of halogens is 3. The van der Waals surface area contributed by atoms with Crippen molar-refractivity contribution in [2.45, 2.75) is 19.5 Å². The van der Waals surface area contributed by atoms with Crippen molar-refractivity contribution in [3.05, 3.63) is 17.0 Å². The van der Waals surface area contributed by atoms with Crippen LogP contribution in [-0.2, 0) is 11.0 Å². The Labute approximate surface area is 88.5 Å². The molecule has 0 bridgehead atoms. The van der Waals surface area contributed by atoms with Gasteiger partial charge < -0.3 is 5.11 Å². The fourth-order valence-electron chi connectivity index (χ4n) is 0.995. The van der Waals surface area contributed by atoms with Crippen molar-refractivity contribution >= 4 is 5.97 Å². The number of aryl methyl sites for hydroxylation is 1. The fourth-order valence-corrected chi connectivity index (χ4v) is 0.995. The van der Waals surface area contributed by atoms with Crippen LogP contribution in [0, 0.1) is 18.8 Å². The number of carboxylic acid groups (broad SMARTS) is 1. The highest BCUT2D eigenvalue weighted by molar-refractivity contribution is 5.70. The van der Waals surface area contributed by atoms with Crippen LogP contribution < -0.4 is 0 Å². The first-order valence-electron chi connectivity index (χ1n) is 4.15. The minimum Gasteiger partial charge on any atom is -0.481 e. The van der Waals surface area contributed by atoms with E-state index in [1.165, 1.54) is 6.92 Å². The molecule has 1 rings (SSSR count). The number of nitrogens with zero attached hydrogens (tertiary/aromatic N) is 1. The molecule has 1 aromatic heterocycles. The summed E-state index contributed by atoms with van der Waals surface area (Å²) in [7, 11) is 0. The number of alkyl halides is 3. The molecule has 0 amide bonds. The maximum absolute atomic E-state index is 12.4. The van der Waals surface area contributed by atoms with Gasteiger partial charge in [0, 0.05) is 5.69 Å². The zero-order valence-corrected chi connectivity index (χ0v) is 8.14. The van der Waals surface area contributed by atoms with Gasteiger partial charge in [0.1, 0.15) is 6.42 Å². The third-order valence-corrected chi connectivity index (χ3v) is 1.67. The first kappa shape index (κ1) is 12.1. The predicted octanol–water partition coefficient (Wildman–Crippen LogP) is 1.56. The second-order valence-corrected chi connectivity index (χ2v) is 2.94. The molecule has 1 aromatic rings. The van der Waals surface area contributed by atoms with E-state index in [1.807, 2.05) is 0 Å². The van der Waals surface area contributed by atoms with E-state index in [0.717, 1.165) is 0 Å². The van der Waals surface area contributed by atoms with Gasteiger partial charge in [-0.3, -0.25) is 9.89 Å². The third-order valence-electron chi connectivity index (χ3n) is 1.67. The first-order chi connectivity index (χ1) is 7.32. The van der Waals surface area contributed by atoms with Crippen LogP contribution in [0.25, 0.3) is 0 Å². The molecule has 0 aliphatic carbocycles. The molecule has 4 nitrogen and oxygen atoms in total. The summed E-state index contributed by atoms with van der Waals surface area (Å²) >= 11 is 0. The standard InChI is InChI=1S/C9H7F3N2O2/c1-5-6(3-2-4-7(15)16)8(14-13-5)9(10,11)12/h4H2,1H3,(H,13,14)(H,15,16). The Hall–Kier alpha value is -1.97. The highest BCUT2D eigenvalue weighted by Gasteiger charge is 2.37. The molecule has 0 saturated heterocycles. The number of carbonyl (C=O) groups is 1. The molecule has 2 N–H and O–H groups in total. The van der Waals surface area contributed by atoms with E-state index in [2.05, 4.69) is 22.0 Å². The Morgan fingerprint density at radius 1 is 1.56 bits per heavy atom. The van der Waals surface area contributed by atoms with Crippen LogP contribution in [0.1, 0.15) is 23.4 Å². The molecule has 0 spiro atoms. The Morgan fingerprint density at radius 2 is 2.19 bits per heavy atom. The van der Waals surface area contributed by atoms with Gasteiger partial charge in [-0.25, -0.2) is 0 Å². The predicted molar refractivity (Wildman–Crippen MR) is 47.5 cm³/mol. The number of aromatic amines is 1. The van der Waals surface area contributed by atoms with Crippen molar-refractivity contribution in [1.29, 1.82) is 0 Å². The molecule has 86 valence electrons. The second kappa shape index (κ2) is 4.26. The summed E-state index contributed by atoms with van der Waals surface area (Å²) in [6.07, 6.45) is -5.11. The third kappa shape index (κ3) is 2.76. The molecule has 0 aliphatic heterocycles. The monoisotopic (exact) mass is 232 g/mol. The SMILES string of the molecule is Cc1[nH]nc(C(F)(F)F)c1C#CCC(=O)O. The quantitative estimate of drug-likeness (QED) is 0.722. The molecule has 0 aliphatic rings. The van der Waals surface area contributed by atoms with Gasteiger partial charge in [0.05, 0.1) is 5.56 Å². The van der Waals surface area contributed by atoms with Crippen LogP contribution in [0.4, 0.5) is 13.2 Å². The average molecular weight is 232 g/mol. The highest BCUT2D eigenvalue weighted by Crippen LogP contribution is 2.30. The molecule has 0 aromatic carbocycles. The summed E-state index contributed by atoms with van der Waals surface area (Å²) in [5.74, 6) is 3.09. The Bertz CT molecular complexity index is 465. The fraction of sp³-hybridized carbons (Fsp3) is 0.333. The minimum atomic E-state index is -4.60. The van der Waals surface area contributed by atoms with Gasteiger partial charge in [0.25, 0.3) is 0 Å². The second-order valence-electron chi connectivity index (χ2n) is 2.94.